The smallest absolute Gasteiger partial charge is 0.286 e. The van der Waals surface area contributed by atoms with E-state index in [4.69, 9.17) is 21.8 Å². The number of furan rings is 1. The molecule has 0 atom stereocenters. The van der Waals surface area contributed by atoms with Gasteiger partial charge in [-0.2, -0.15) is 0 Å². The van der Waals surface area contributed by atoms with Gasteiger partial charge >= 0.3 is 0 Å². The van der Waals surface area contributed by atoms with E-state index in [1.807, 2.05) is 6.07 Å². The number of amides is 2. The zero-order valence-electron chi connectivity index (χ0n) is 9.00. The molecule has 7 heteroatoms. The van der Waals surface area contributed by atoms with Gasteiger partial charge in [0.05, 0.1) is 0 Å². The first-order valence-electron chi connectivity index (χ1n) is 4.90. The highest BCUT2D eigenvalue weighted by atomic mass is 127. The summed E-state index contributed by atoms with van der Waals surface area (Å²) in [7, 11) is 0. The molecule has 5 nitrogen and oxygen atoms in total. The minimum Gasteiger partial charge on any atom is -0.449 e. The Bertz CT molecular complexity index is 638. The lowest BCUT2D eigenvalue weighted by Gasteiger charge is -2.01. The predicted octanol–water partition coefficient (Wildman–Crippen LogP) is 2.31. The summed E-state index contributed by atoms with van der Waals surface area (Å²) in [5.41, 5.74) is 5.96. The Kier molecular flexibility index (Phi) is 3.76. The second-order valence-electron chi connectivity index (χ2n) is 3.49. The fraction of sp³-hybridized carbons (Fsp3) is 0.0909. The highest BCUT2D eigenvalue weighted by Crippen LogP contribution is 2.31. The molecule has 0 aliphatic heterocycles. The summed E-state index contributed by atoms with van der Waals surface area (Å²) in [6.45, 7) is 0. The van der Waals surface area contributed by atoms with Gasteiger partial charge in [0.1, 0.15) is 17.2 Å². The number of anilines is 1. The van der Waals surface area contributed by atoms with E-state index < -0.39 is 11.8 Å². The summed E-state index contributed by atoms with van der Waals surface area (Å²) in [6, 6.07) is 5.32. The molecule has 0 saturated heterocycles. The molecule has 2 rings (SSSR count). The van der Waals surface area contributed by atoms with E-state index in [0.717, 1.165) is 3.57 Å². The third-order valence-corrected chi connectivity index (χ3v) is 3.17. The van der Waals surface area contributed by atoms with Gasteiger partial charge < -0.3 is 15.5 Å². The number of alkyl halides is 1. The molecule has 0 aliphatic rings. The lowest BCUT2D eigenvalue weighted by molar-refractivity contribution is -0.113. The van der Waals surface area contributed by atoms with Crippen molar-refractivity contribution in [3.05, 3.63) is 27.5 Å². The Morgan fingerprint density at radius 1 is 1.44 bits per heavy atom. The van der Waals surface area contributed by atoms with Crippen molar-refractivity contribution in [3.63, 3.8) is 0 Å². The molecule has 18 heavy (non-hydrogen) atoms. The van der Waals surface area contributed by atoms with E-state index >= 15 is 0 Å². The van der Waals surface area contributed by atoms with E-state index in [2.05, 4.69) is 27.9 Å². The summed E-state index contributed by atoms with van der Waals surface area (Å²) in [5, 5.41) is 3.14. The molecular formula is C11H8ClIN2O3. The second kappa shape index (κ2) is 5.15. The highest BCUT2D eigenvalue weighted by molar-refractivity contribution is 14.1. The third-order valence-electron chi connectivity index (χ3n) is 2.26. The van der Waals surface area contributed by atoms with E-state index in [1.165, 1.54) is 0 Å². The zero-order valence-corrected chi connectivity index (χ0v) is 11.9. The van der Waals surface area contributed by atoms with E-state index in [-0.39, 0.29) is 17.3 Å². The minimum atomic E-state index is -0.744. The van der Waals surface area contributed by atoms with Crippen molar-refractivity contribution in [2.45, 2.75) is 0 Å². The van der Waals surface area contributed by atoms with Crippen molar-refractivity contribution in [2.75, 3.05) is 11.2 Å². The Balaban J connectivity index is 2.64. The molecule has 1 heterocycles. The van der Waals surface area contributed by atoms with Crippen LogP contribution in [0.2, 0.25) is 0 Å². The number of fused-ring (bicyclic) bond motifs is 1. The number of halogens is 2. The van der Waals surface area contributed by atoms with Crippen molar-refractivity contribution in [1.29, 1.82) is 0 Å². The fourth-order valence-corrected chi connectivity index (χ4v) is 2.10. The van der Waals surface area contributed by atoms with Gasteiger partial charge in [0.15, 0.2) is 0 Å². The van der Waals surface area contributed by atoms with Gasteiger partial charge in [0, 0.05) is 8.96 Å². The van der Waals surface area contributed by atoms with Gasteiger partial charge in [0.25, 0.3) is 5.91 Å². The van der Waals surface area contributed by atoms with Crippen LogP contribution in [0.4, 0.5) is 5.69 Å². The molecule has 0 unspecified atom stereocenters. The summed E-state index contributed by atoms with van der Waals surface area (Å²) in [4.78, 5) is 22.6. The molecule has 0 radical (unpaired) electrons. The summed E-state index contributed by atoms with van der Waals surface area (Å²) in [6.07, 6.45) is 0. The Hall–Kier alpha value is -1.28. The molecule has 1 aromatic heterocycles. The van der Waals surface area contributed by atoms with Crippen LogP contribution in [0.3, 0.4) is 0 Å². The summed E-state index contributed by atoms with van der Waals surface area (Å²) in [5.74, 6) is -1.47. The van der Waals surface area contributed by atoms with Crippen LogP contribution in [-0.2, 0) is 4.79 Å². The number of nitrogens with one attached hydrogen (secondary N) is 1. The van der Waals surface area contributed by atoms with Crippen LogP contribution in [0.15, 0.2) is 22.6 Å². The van der Waals surface area contributed by atoms with Crippen LogP contribution in [0, 0.1) is 3.57 Å². The molecule has 94 valence electrons. The number of hydrogen-bond donors (Lipinski definition) is 2. The Morgan fingerprint density at radius 3 is 2.78 bits per heavy atom. The molecular weight excluding hydrogens is 370 g/mol. The van der Waals surface area contributed by atoms with Crippen LogP contribution < -0.4 is 11.1 Å². The first-order chi connectivity index (χ1) is 8.52. The number of carbonyl (C=O) groups excluding carboxylic acids is 2. The highest BCUT2D eigenvalue weighted by Gasteiger charge is 2.20. The van der Waals surface area contributed by atoms with Crippen molar-refractivity contribution >= 4 is 62.7 Å². The third kappa shape index (κ3) is 2.44. The average molecular weight is 379 g/mol. The normalized spacial score (nSPS) is 10.6. The molecule has 1 aromatic carbocycles. The standard InChI is InChI=1S/C11H8ClIN2O3/c12-4-8(16)15-9-6-3-5(13)1-2-7(6)18-10(9)11(14)17/h1-3H,4H2,(H2,14,17)(H,15,16). The molecule has 2 amide bonds. The number of rotatable bonds is 3. The van der Waals surface area contributed by atoms with Crippen LogP contribution >= 0.6 is 34.2 Å². The van der Waals surface area contributed by atoms with Crippen LogP contribution in [-0.4, -0.2) is 17.7 Å². The van der Waals surface area contributed by atoms with Gasteiger partial charge in [-0.25, -0.2) is 0 Å². The lowest BCUT2D eigenvalue weighted by atomic mass is 10.2. The minimum absolute atomic E-state index is 0.0783. The lowest BCUT2D eigenvalue weighted by Crippen LogP contribution is -2.17. The SMILES string of the molecule is NC(=O)c1oc2ccc(I)cc2c1NC(=O)CCl. The Morgan fingerprint density at radius 2 is 2.17 bits per heavy atom. The monoisotopic (exact) mass is 378 g/mol. The fourth-order valence-electron chi connectivity index (χ4n) is 1.54. The van der Waals surface area contributed by atoms with Gasteiger partial charge in [-0.05, 0) is 40.8 Å². The topological polar surface area (TPSA) is 85.3 Å². The molecule has 0 fully saturated rings. The largest absolute Gasteiger partial charge is 0.449 e. The van der Waals surface area contributed by atoms with Gasteiger partial charge in [-0.3, -0.25) is 9.59 Å². The first kappa shape index (κ1) is 13.2. The maximum absolute atomic E-state index is 11.3. The Labute approximate surface area is 121 Å². The van der Waals surface area contributed by atoms with Crippen molar-refractivity contribution in [1.82, 2.24) is 0 Å². The van der Waals surface area contributed by atoms with E-state index in [0.29, 0.717) is 11.0 Å². The maximum Gasteiger partial charge on any atom is 0.286 e. The predicted molar refractivity (Wildman–Crippen MR) is 76.8 cm³/mol. The molecule has 0 aliphatic carbocycles. The molecule has 0 bridgehead atoms. The number of carbonyl (C=O) groups is 2. The quantitative estimate of drug-likeness (QED) is 0.635. The molecule has 2 aromatic rings. The van der Waals surface area contributed by atoms with E-state index in [9.17, 15) is 9.59 Å². The number of nitrogens with two attached hydrogens (primary N) is 1. The summed E-state index contributed by atoms with van der Waals surface area (Å²) >= 11 is 7.54. The second-order valence-corrected chi connectivity index (χ2v) is 5.01. The molecule has 0 saturated carbocycles. The van der Waals surface area contributed by atoms with Gasteiger partial charge in [0.2, 0.25) is 11.7 Å². The van der Waals surface area contributed by atoms with Crippen LogP contribution in [0.25, 0.3) is 11.0 Å². The zero-order chi connectivity index (χ0) is 13.3. The van der Waals surface area contributed by atoms with Gasteiger partial charge in [-0.15, -0.1) is 11.6 Å². The number of benzene rings is 1. The van der Waals surface area contributed by atoms with Crippen molar-refractivity contribution in [2.24, 2.45) is 5.73 Å². The van der Waals surface area contributed by atoms with Crippen molar-refractivity contribution < 1.29 is 14.0 Å². The number of hydrogen-bond acceptors (Lipinski definition) is 3. The first-order valence-corrected chi connectivity index (χ1v) is 6.52. The molecule has 3 N–H and O–H groups in total. The van der Waals surface area contributed by atoms with E-state index in [1.54, 1.807) is 12.1 Å². The maximum atomic E-state index is 11.3. The molecule has 0 spiro atoms. The van der Waals surface area contributed by atoms with Crippen LogP contribution in [0.1, 0.15) is 10.6 Å². The van der Waals surface area contributed by atoms with Crippen molar-refractivity contribution in [3.8, 4) is 0 Å². The van der Waals surface area contributed by atoms with Gasteiger partial charge in [-0.1, -0.05) is 0 Å². The number of primary amides is 1. The average Bonchev–Trinajstić information content (AvgIpc) is 2.67. The summed E-state index contributed by atoms with van der Waals surface area (Å²) < 4.78 is 6.27. The van der Waals surface area contributed by atoms with Crippen LogP contribution in [0.5, 0.6) is 0 Å².